The molecule has 9 heavy (non-hydrogen) atoms. The molecule has 0 saturated carbocycles. The van der Waals surface area contributed by atoms with Crippen molar-refractivity contribution >= 4 is 5.97 Å². The largest absolute Gasteiger partial charge is 0.481 e. The molecule has 4 nitrogen and oxygen atoms in total. The van der Waals surface area contributed by atoms with E-state index >= 15 is 0 Å². The van der Waals surface area contributed by atoms with E-state index in [0.717, 1.165) is 0 Å². The zero-order valence-corrected chi connectivity index (χ0v) is 5.33. The van der Waals surface area contributed by atoms with Gasteiger partial charge in [-0.15, -0.1) is 0 Å². The summed E-state index contributed by atoms with van der Waals surface area (Å²) in [6, 6.07) is 0. The van der Waals surface area contributed by atoms with Crippen LogP contribution in [0.2, 0.25) is 0 Å². The first-order valence-electron chi connectivity index (χ1n) is 2.74. The van der Waals surface area contributed by atoms with Crippen molar-refractivity contribution in [2.24, 2.45) is 5.90 Å². The molecule has 0 rings (SSSR count). The molecule has 0 fully saturated rings. The van der Waals surface area contributed by atoms with Gasteiger partial charge in [0.05, 0.1) is 6.10 Å². The molecule has 1 atom stereocenters. The van der Waals surface area contributed by atoms with E-state index in [1.54, 1.807) is 6.92 Å². The first-order chi connectivity index (χ1) is 4.16. The summed E-state index contributed by atoms with van der Waals surface area (Å²) in [6.07, 6.45) is 0.408. The van der Waals surface area contributed by atoms with Gasteiger partial charge >= 0.3 is 5.97 Å². The second-order valence-electron chi connectivity index (χ2n) is 1.88. The maximum atomic E-state index is 9.92. The average Bonchev–Trinajstić information content (AvgIpc) is 1.83. The van der Waals surface area contributed by atoms with Gasteiger partial charge in [0.15, 0.2) is 0 Å². The lowest BCUT2D eigenvalue weighted by atomic mass is 10.2. The summed E-state index contributed by atoms with van der Waals surface area (Å²) in [5.74, 6) is 3.94. The zero-order valence-electron chi connectivity index (χ0n) is 5.33. The molecule has 0 aliphatic rings. The molecule has 0 aliphatic carbocycles. The highest BCUT2D eigenvalue weighted by Gasteiger charge is 2.02. The van der Waals surface area contributed by atoms with Gasteiger partial charge in [0, 0.05) is 6.42 Å². The summed E-state index contributed by atoms with van der Waals surface area (Å²) in [6.45, 7) is 1.73. The van der Waals surface area contributed by atoms with E-state index in [4.69, 9.17) is 11.0 Å². The van der Waals surface area contributed by atoms with Crippen LogP contribution in [0.3, 0.4) is 0 Å². The Hall–Kier alpha value is -0.610. The number of hydrogen-bond donors (Lipinski definition) is 2. The van der Waals surface area contributed by atoms with Crippen molar-refractivity contribution in [2.45, 2.75) is 25.9 Å². The number of carboxylic acids is 1. The minimum atomic E-state index is -0.820. The van der Waals surface area contributed by atoms with Crippen molar-refractivity contribution in [3.05, 3.63) is 0 Å². The van der Waals surface area contributed by atoms with Crippen molar-refractivity contribution in [2.75, 3.05) is 0 Å². The molecule has 0 aromatic carbocycles. The van der Waals surface area contributed by atoms with E-state index in [-0.39, 0.29) is 12.5 Å². The molecule has 4 heteroatoms. The molecule has 0 aromatic heterocycles. The lowest BCUT2D eigenvalue weighted by molar-refractivity contribution is -0.137. The van der Waals surface area contributed by atoms with E-state index < -0.39 is 5.97 Å². The summed E-state index contributed by atoms with van der Waals surface area (Å²) >= 11 is 0. The lowest BCUT2D eigenvalue weighted by Crippen LogP contribution is -2.14. The normalized spacial score (nSPS) is 13.1. The predicted molar refractivity (Wildman–Crippen MR) is 31.6 cm³/mol. The molecule has 0 bridgehead atoms. The van der Waals surface area contributed by atoms with Crippen LogP contribution in [0, 0.1) is 0 Å². The minimum Gasteiger partial charge on any atom is -0.481 e. The number of carbonyl (C=O) groups is 1. The second kappa shape index (κ2) is 4.29. The number of rotatable bonds is 4. The molecule has 0 heterocycles. The number of aliphatic carboxylic acids is 1. The van der Waals surface area contributed by atoms with Crippen LogP contribution in [-0.4, -0.2) is 17.2 Å². The molecular formula is C5H11NO3. The van der Waals surface area contributed by atoms with Crippen LogP contribution >= 0.6 is 0 Å². The molecule has 0 aliphatic heterocycles. The molecule has 0 radical (unpaired) electrons. The van der Waals surface area contributed by atoms with Crippen LogP contribution in [0.5, 0.6) is 0 Å². The minimum absolute atomic E-state index is 0.109. The van der Waals surface area contributed by atoms with Crippen LogP contribution in [-0.2, 0) is 9.63 Å². The Balaban J connectivity index is 3.16. The van der Waals surface area contributed by atoms with Gasteiger partial charge in [-0.1, -0.05) is 0 Å². The fraction of sp³-hybridized carbons (Fsp3) is 0.800. The fourth-order valence-corrected chi connectivity index (χ4v) is 0.395. The van der Waals surface area contributed by atoms with Gasteiger partial charge in [-0.05, 0) is 13.3 Å². The van der Waals surface area contributed by atoms with Gasteiger partial charge in [-0.3, -0.25) is 4.79 Å². The Kier molecular flexibility index (Phi) is 4.00. The van der Waals surface area contributed by atoms with Crippen molar-refractivity contribution in [3.8, 4) is 0 Å². The maximum absolute atomic E-state index is 9.92. The molecule has 3 N–H and O–H groups in total. The third-order valence-corrected chi connectivity index (χ3v) is 0.997. The molecular weight excluding hydrogens is 122 g/mol. The summed E-state index contributed by atoms with van der Waals surface area (Å²) in [7, 11) is 0. The Bertz CT molecular complexity index is 94.2. The number of carboxylic acid groups (broad SMARTS) is 1. The summed E-state index contributed by atoms with van der Waals surface area (Å²) in [5.41, 5.74) is 0. The van der Waals surface area contributed by atoms with Crippen molar-refractivity contribution in [1.82, 2.24) is 0 Å². The van der Waals surface area contributed by atoms with Crippen molar-refractivity contribution < 1.29 is 14.7 Å². The standard InChI is InChI=1S/C5H11NO3/c1-4(9-6)2-3-5(7)8/h4H,2-3,6H2,1H3,(H,7,8)/t4-/m1/s1. The van der Waals surface area contributed by atoms with E-state index in [9.17, 15) is 4.79 Å². The third kappa shape index (κ3) is 5.26. The first-order valence-corrected chi connectivity index (χ1v) is 2.74. The molecule has 0 unspecified atom stereocenters. The monoisotopic (exact) mass is 133 g/mol. The van der Waals surface area contributed by atoms with E-state index in [0.29, 0.717) is 6.42 Å². The number of nitrogens with two attached hydrogens (primary N) is 1. The van der Waals surface area contributed by atoms with Crippen LogP contribution < -0.4 is 5.90 Å². The maximum Gasteiger partial charge on any atom is 0.303 e. The highest BCUT2D eigenvalue weighted by atomic mass is 16.6. The quantitative estimate of drug-likeness (QED) is 0.534. The lowest BCUT2D eigenvalue weighted by Gasteiger charge is -2.04. The molecule has 0 saturated heterocycles. The van der Waals surface area contributed by atoms with Crippen LogP contribution in [0.15, 0.2) is 0 Å². The molecule has 0 aromatic rings. The van der Waals surface area contributed by atoms with Crippen molar-refractivity contribution in [1.29, 1.82) is 0 Å². The van der Waals surface area contributed by atoms with E-state index in [2.05, 4.69) is 4.84 Å². The smallest absolute Gasteiger partial charge is 0.303 e. The average molecular weight is 133 g/mol. The first kappa shape index (κ1) is 8.39. The van der Waals surface area contributed by atoms with Crippen LogP contribution in [0.25, 0.3) is 0 Å². The highest BCUT2D eigenvalue weighted by molar-refractivity contribution is 5.66. The Morgan fingerprint density at radius 3 is 2.78 bits per heavy atom. The van der Waals surface area contributed by atoms with E-state index in [1.807, 2.05) is 0 Å². The summed E-state index contributed by atoms with van der Waals surface area (Å²) in [5, 5.41) is 8.16. The van der Waals surface area contributed by atoms with Crippen LogP contribution in [0.4, 0.5) is 0 Å². The van der Waals surface area contributed by atoms with Gasteiger partial charge in [0.1, 0.15) is 0 Å². The second-order valence-corrected chi connectivity index (χ2v) is 1.88. The topological polar surface area (TPSA) is 72.5 Å². The number of hydrogen-bond acceptors (Lipinski definition) is 3. The zero-order chi connectivity index (χ0) is 7.28. The Labute approximate surface area is 53.6 Å². The van der Waals surface area contributed by atoms with Gasteiger partial charge in [-0.25, -0.2) is 5.90 Å². The highest BCUT2D eigenvalue weighted by Crippen LogP contribution is 1.97. The fourth-order valence-electron chi connectivity index (χ4n) is 0.395. The van der Waals surface area contributed by atoms with Crippen LogP contribution in [0.1, 0.15) is 19.8 Å². The molecule has 54 valence electrons. The van der Waals surface area contributed by atoms with Crippen molar-refractivity contribution in [3.63, 3.8) is 0 Å². The van der Waals surface area contributed by atoms with Gasteiger partial charge < -0.3 is 9.94 Å². The SMILES string of the molecule is C[C@H](CCC(=O)O)ON. The van der Waals surface area contributed by atoms with E-state index in [1.165, 1.54) is 0 Å². The Morgan fingerprint density at radius 1 is 1.89 bits per heavy atom. The summed E-state index contributed by atoms with van der Waals surface area (Å²) in [4.78, 5) is 14.3. The van der Waals surface area contributed by atoms with Gasteiger partial charge in [-0.2, -0.15) is 0 Å². The van der Waals surface area contributed by atoms with Gasteiger partial charge in [0.2, 0.25) is 0 Å². The predicted octanol–water partition coefficient (Wildman–Crippen LogP) is 0.130. The Morgan fingerprint density at radius 2 is 2.44 bits per heavy atom. The molecule has 0 spiro atoms. The molecule has 0 amide bonds. The third-order valence-electron chi connectivity index (χ3n) is 0.997. The van der Waals surface area contributed by atoms with Gasteiger partial charge in [0.25, 0.3) is 0 Å². The summed E-state index contributed by atoms with van der Waals surface area (Å²) < 4.78 is 0.